The second kappa shape index (κ2) is 8.89. The molecule has 0 amide bonds. The van der Waals surface area contributed by atoms with Gasteiger partial charge in [0.2, 0.25) is 0 Å². The summed E-state index contributed by atoms with van der Waals surface area (Å²) >= 11 is 3.26. The van der Waals surface area contributed by atoms with Crippen LogP contribution in [0.2, 0.25) is 0 Å². The van der Waals surface area contributed by atoms with E-state index in [1.807, 2.05) is 11.8 Å². The van der Waals surface area contributed by atoms with Crippen molar-refractivity contribution in [2.24, 2.45) is 0 Å². The third-order valence-corrected chi connectivity index (χ3v) is 15.8. The Kier molecular flexibility index (Phi) is 6.76. The number of hydrogen-bond acceptors (Lipinski definition) is 2. The van der Waals surface area contributed by atoms with E-state index in [-0.39, 0.29) is 24.8 Å². The second-order valence-electron chi connectivity index (χ2n) is 7.35. The van der Waals surface area contributed by atoms with Crippen LogP contribution in [-0.4, -0.2) is 5.75 Å². The van der Waals surface area contributed by atoms with Crippen molar-refractivity contribution >= 4 is 51.5 Å². The van der Waals surface area contributed by atoms with Gasteiger partial charge in [-0.2, -0.15) is 0 Å². The SMILES string of the molecule is [Cl-].[Cl-].[S]=[Zr+2]([c]1cccc2c1C=C1CSC(Br)=C12)[CH]1c2ccccc2-c2ccccc21. The predicted octanol–water partition coefficient (Wildman–Crippen LogP) is 1.03. The van der Waals surface area contributed by atoms with E-state index < -0.39 is 19.7 Å². The van der Waals surface area contributed by atoms with Crippen LogP contribution >= 0.6 is 36.5 Å². The quantitative estimate of drug-likeness (QED) is 0.426. The van der Waals surface area contributed by atoms with Crippen molar-refractivity contribution in [3.05, 3.63) is 98.4 Å². The molecule has 30 heavy (non-hydrogen) atoms. The summed E-state index contributed by atoms with van der Waals surface area (Å²) in [5, 5.41) is 0. The van der Waals surface area contributed by atoms with Gasteiger partial charge in [-0.1, -0.05) is 0 Å². The first-order valence-electron chi connectivity index (χ1n) is 9.33. The van der Waals surface area contributed by atoms with Crippen LogP contribution in [0.3, 0.4) is 0 Å². The second-order valence-corrected chi connectivity index (χ2v) is 16.8. The number of hydrogen-bond donors (Lipinski definition) is 0. The molecule has 0 unspecified atom stereocenters. The van der Waals surface area contributed by atoms with Crippen molar-refractivity contribution in [2.75, 3.05) is 5.75 Å². The molecule has 3 aromatic rings. The van der Waals surface area contributed by atoms with Gasteiger partial charge in [0.15, 0.2) is 0 Å². The Bertz CT molecular complexity index is 1220. The first-order chi connectivity index (χ1) is 13.7. The molecule has 0 saturated heterocycles. The fourth-order valence-electron chi connectivity index (χ4n) is 4.73. The Hall–Kier alpha value is -0.347. The molecule has 3 aromatic carbocycles. The van der Waals surface area contributed by atoms with Crippen LogP contribution in [0, 0.1) is 0 Å². The average molecular weight is 610 g/mol. The number of rotatable bonds is 2. The van der Waals surface area contributed by atoms with Crippen LogP contribution in [0.15, 0.2) is 76.1 Å². The molecule has 6 rings (SSSR count). The minimum atomic E-state index is -2.41. The van der Waals surface area contributed by atoms with Crippen LogP contribution in [-0.2, 0) is 19.7 Å². The molecule has 0 aromatic heterocycles. The summed E-state index contributed by atoms with van der Waals surface area (Å²) in [6, 6.07) is 24.6. The van der Waals surface area contributed by atoms with Gasteiger partial charge < -0.3 is 24.8 Å². The van der Waals surface area contributed by atoms with Crippen molar-refractivity contribution in [1.29, 1.82) is 0 Å². The van der Waals surface area contributed by atoms with E-state index in [0.717, 1.165) is 5.75 Å². The van der Waals surface area contributed by atoms with Gasteiger partial charge in [-0.3, -0.25) is 0 Å². The van der Waals surface area contributed by atoms with Crippen molar-refractivity contribution in [3.63, 3.8) is 0 Å². The maximum absolute atomic E-state index is 6.45. The molecule has 0 atom stereocenters. The fourth-order valence-corrected chi connectivity index (χ4v) is 14.2. The zero-order chi connectivity index (χ0) is 18.8. The van der Waals surface area contributed by atoms with Crippen LogP contribution in [0.5, 0.6) is 0 Å². The van der Waals surface area contributed by atoms with E-state index in [1.165, 1.54) is 51.6 Å². The summed E-state index contributed by atoms with van der Waals surface area (Å²) in [6.45, 7) is 0. The van der Waals surface area contributed by atoms with Crippen molar-refractivity contribution in [1.82, 2.24) is 0 Å². The molecule has 0 N–H and O–H groups in total. The monoisotopic (exact) mass is 606 g/mol. The first-order valence-corrected chi connectivity index (χ1v) is 17.2. The van der Waals surface area contributed by atoms with Crippen molar-refractivity contribution < 1.29 is 44.5 Å². The fraction of sp³-hybridized carbons (Fsp3) is 0.0833. The van der Waals surface area contributed by atoms with Gasteiger partial charge >= 0.3 is 190 Å². The standard InChI is InChI=1S/C13H9.C11H6BrS.2ClH.S.Zr/c1-3-7-12-10(5-1)9-11-6-2-4-8-13(11)12;12-11-10-8(6-13-11)5-7-3-1-2-4-9(7)10;;;;/h1-9H;1-2,4-5H,6H2;2*1H;;/q;;;;;+2/p-2. The minimum absolute atomic E-state index is 0. The molecule has 0 radical (unpaired) electrons. The van der Waals surface area contributed by atoms with Crippen LogP contribution in [0.4, 0.5) is 0 Å². The van der Waals surface area contributed by atoms with Crippen molar-refractivity contribution in [2.45, 2.75) is 3.63 Å². The van der Waals surface area contributed by atoms with E-state index in [1.54, 1.807) is 0 Å². The Balaban J connectivity index is 0.00000109. The summed E-state index contributed by atoms with van der Waals surface area (Å²) in [5.41, 5.74) is 11.3. The summed E-state index contributed by atoms with van der Waals surface area (Å²) in [5.74, 6) is 1.06. The van der Waals surface area contributed by atoms with Gasteiger partial charge in [-0.15, -0.1) is 0 Å². The zero-order valence-corrected chi connectivity index (χ0v) is 22.9. The molecule has 0 nitrogen and oxygen atoms in total. The molecule has 0 spiro atoms. The Morgan fingerprint density at radius 1 is 0.833 bits per heavy atom. The van der Waals surface area contributed by atoms with Gasteiger partial charge in [-0.25, -0.2) is 0 Å². The van der Waals surface area contributed by atoms with Crippen molar-refractivity contribution in [3.8, 4) is 11.1 Å². The third kappa shape index (κ3) is 3.34. The van der Waals surface area contributed by atoms with Crippen LogP contribution in [0.25, 0.3) is 22.8 Å². The number of fused-ring (bicyclic) bond motifs is 6. The van der Waals surface area contributed by atoms with E-state index >= 15 is 0 Å². The molecule has 6 heteroatoms. The summed E-state index contributed by atoms with van der Waals surface area (Å²) in [6.07, 6.45) is 2.42. The first kappa shape index (κ1) is 22.8. The zero-order valence-electron chi connectivity index (χ0n) is 15.7. The Labute approximate surface area is 212 Å². The molecule has 3 aliphatic rings. The van der Waals surface area contributed by atoms with Gasteiger partial charge in [0, 0.05) is 0 Å². The van der Waals surface area contributed by atoms with E-state index in [0.29, 0.717) is 3.63 Å². The van der Waals surface area contributed by atoms with Crippen LogP contribution in [0.1, 0.15) is 25.9 Å². The molecular formula is C24H15BrCl2S2Zr. The molecular weight excluding hydrogens is 594 g/mol. The van der Waals surface area contributed by atoms with Crippen LogP contribution < -0.4 is 28.1 Å². The average Bonchev–Trinajstić information content (AvgIpc) is 3.38. The molecule has 148 valence electrons. The Morgan fingerprint density at radius 3 is 2.10 bits per heavy atom. The molecule has 2 aliphatic carbocycles. The van der Waals surface area contributed by atoms with Gasteiger partial charge in [0.1, 0.15) is 0 Å². The molecule has 0 saturated carbocycles. The van der Waals surface area contributed by atoms with E-state index in [2.05, 4.69) is 88.7 Å². The summed E-state index contributed by atoms with van der Waals surface area (Å²) < 4.78 is 3.17. The molecule has 1 aliphatic heterocycles. The van der Waals surface area contributed by atoms with Gasteiger partial charge in [-0.05, 0) is 0 Å². The van der Waals surface area contributed by atoms with Gasteiger partial charge in [0.05, 0.1) is 0 Å². The molecule has 0 fully saturated rings. The van der Waals surface area contributed by atoms with E-state index in [4.69, 9.17) is 8.86 Å². The van der Waals surface area contributed by atoms with E-state index in [9.17, 15) is 0 Å². The topological polar surface area (TPSA) is 0 Å². The number of halogens is 3. The number of benzene rings is 3. The molecule has 0 bridgehead atoms. The number of thioether (sulfide) groups is 1. The summed E-state index contributed by atoms with van der Waals surface area (Å²) in [4.78, 5) is 0. The third-order valence-electron chi connectivity index (χ3n) is 5.93. The summed E-state index contributed by atoms with van der Waals surface area (Å²) in [7, 11) is 6.45. The predicted molar refractivity (Wildman–Crippen MR) is 124 cm³/mol. The molecule has 1 heterocycles. The normalized spacial score (nSPS) is 15.1. The Morgan fingerprint density at radius 2 is 1.43 bits per heavy atom. The van der Waals surface area contributed by atoms with Gasteiger partial charge in [0.25, 0.3) is 0 Å². The maximum atomic E-state index is 6.45. The number of allylic oxidation sites excluding steroid dienone is 1.